The maximum atomic E-state index is 13.5. The van der Waals surface area contributed by atoms with Crippen LogP contribution in [0.1, 0.15) is 47.5 Å². The van der Waals surface area contributed by atoms with Crippen molar-refractivity contribution >= 4 is 17.4 Å². The number of ketones is 1. The minimum Gasteiger partial charge on any atom is -0.284 e. The summed E-state index contributed by atoms with van der Waals surface area (Å²) in [7, 11) is 0. The number of rotatable bonds is 2. The Bertz CT molecular complexity index is 504. The van der Waals surface area contributed by atoms with Crippen LogP contribution in [0.4, 0.5) is 17.6 Å². The monoisotopic (exact) mass is 294 g/mol. The van der Waals surface area contributed by atoms with Crippen LogP contribution in [-0.4, -0.2) is 12.0 Å². The zero-order chi connectivity index (χ0) is 14.2. The van der Waals surface area contributed by atoms with Gasteiger partial charge in [0.2, 0.25) is 0 Å². The van der Waals surface area contributed by atoms with Crippen molar-refractivity contribution in [2.75, 3.05) is 0 Å². The average molecular weight is 295 g/mol. The first-order chi connectivity index (χ1) is 8.82. The summed E-state index contributed by atoms with van der Waals surface area (Å²) in [6.45, 7) is 0. The molecule has 104 valence electrons. The Morgan fingerprint density at radius 1 is 1.21 bits per heavy atom. The fourth-order valence-electron chi connectivity index (χ4n) is 2.47. The molecule has 0 bridgehead atoms. The van der Waals surface area contributed by atoms with Gasteiger partial charge in [-0.15, -0.1) is 0 Å². The number of alkyl halides is 3. The Morgan fingerprint density at radius 2 is 1.79 bits per heavy atom. The zero-order valence-electron chi connectivity index (χ0n) is 9.86. The predicted octanol–water partition coefficient (Wildman–Crippen LogP) is 4.88. The van der Waals surface area contributed by atoms with Crippen LogP contribution in [0.25, 0.3) is 0 Å². The Hall–Kier alpha value is -1.10. The van der Waals surface area contributed by atoms with Gasteiger partial charge in [0.05, 0.1) is 10.6 Å². The lowest BCUT2D eigenvalue weighted by molar-refractivity contribution is -0.0887. The molecule has 0 unspecified atom stereocenters. The van der Waals surface area contributed by atoms with E-state index in [2.05, 4.69) is 0 Å². The normalized spacial score (nSPS) is 16.9. The molecular formula is C13H11ClF4O. The van der Waals surface area contributed by atoms with Crippen LogP contribution in [0.3, 0.4) is 0 Å². The quantitative estimate of drug-likeness (QED) is 0.561. The molecule has 0 aliphatic heterocycles. The predicted molar refractivity (Wildman–Crippen MR) is 63.0 cm³/mol. The topological polar surface area (TPSA) is 17.1 Å². The van der Waals surface area contributed by atoms with Gasteiger partial charge in [0.1, 0.15) is 5.82 Å². The molecule has 0 N–H and O–H groups in total. The second kappa shape index (κ2) is 5.12. The number of hydrogen-bond acceptors (Lipinski definition) is 1. The van der Waals surface area contributed by atoms with Gasteiger partial charge in [-0.05, 0) is 30.4 Å². The van der Waals surface area contributed by atoms with Crippen LogP contribution >= 0.6 is 11.6 Å². The highest BCUT2D eigenvalue weighted by Crippen LogP contribution is 2.40. The van der Waals surface area contributed by atoms with Crippen molar-refractivity contribution in [3.63, 3.8) is 0 Å². The van der Waals surface area contributed by atoms with Crippen molar-refractivity contribution in [3.05, 3.63) is 34.1 Å². The van der Waals surface area contributed by atoms with Crippen molar-refractivity contribution in [1.82, 2.24) is 0 Å². The van der Waals surface area contributed by atoms with Gasteiger partial charge in [-0.2, -0.15) is 13.2 Å². The first-order valence-corrected chi connectivity index (χ1v) is 6.29. The van der Waals surface area contributed by atoms with Crippen molar-refractivity contribution in [1.29, 1.82) is 0 Å². The minimum absolute atomic E-state index is 0.00730. The minimum atomic E-state index is -5.13. The molecule has 1 fully saturated rings. The second-order valence-corrected chi connectivity index (χ2v) is 5.01. The lowest BCUT2D eigenvalue weighted by Gasteiger charge is -2.15. The molecule has 0 amide bonds. The van der Waals surface area contributed by atoms with Crippen molar-refractivity contribution < 1.29 is 22.4 Å². The van der Waals surface area contributed by atoms with E-state index in [0.29, 0.717) is 5.56 Å². The molecule has 1 aromatic carbocycles. The Kier molecular flexibility index (Phi) is 3.85. The molecular weight excluding hydrogens is 284 g/mol. The van der Waals surface area contributed by atoms with E-state index < -0.39 is 28.4 Å². The van der Waals surface area contributed by atoms with Crippen LogP contribution in [0.5, 0.6) is 0 Å². The van der Waals surface area contributed by atoms with Crippen LogP contribution in [0, 0.1) is 5.82 Å². The van der Waals surface area contributed by atoms with E-state index in [4.69, 9.17) is 11.6 Å². The maximum Gasteiger partial charge on any atom is 0.455 e. The van der Waals surface area contributed by atoms with E-state index >= 15 is 0 Å². The van der Waals surface area contributed by atoms with Crippen molar-refractivity contribution in [3.8, 4) is 0 Å². The molecule has 0 heterocycles. The number of carbonyl (C=O) groups excluding carboxylic acids is 1. The van der Waals surface area contributed by atoms with E-state index in [-0.39, 0.29) is 5.92 Å². The third kappa shape index (κ3) is 2.76. The average Bonchev–Trinajstić information content (AvgIpc) is 2.81. The lowest BCUT2D eigenvalue weighted by Crippen LogP contribution is -2.24. The van der Waals surface area contributed by atoms with Gasteiger partial charge in [-0.1, -0.05) is 30.5 Å². The summed E-state index contributed by atoms with van der Waals surface area (Å²) in [5.41, 5.74) is -0.619. The molecule has 1 nitrogen and oxygen atoms in total. The molecule has 1 aliphatic rings. The number of carbonyl (C=O) groups is 1. The first kappa shape index (κ1) is 14.3. The Labute approximate surface area is 112 Å². The summed E-state index contributed by atoms with van der Waals surface area (Å²) in [6, 6.07) is 2.26. The molecule has 0 saturated heterocycles. The summed E-state index contributed by atoms with van der Waals surface area (Å²) in [6.07, 6.45) is -1.61. The van der Waals surface area contributed by atoms with E-state index in [9.17, 15) is 22.4 Å². The molecule has 0 atom stereocenters. The van der Waals surface area contributed by atoms with Gasteiger partial charge in [0.15, 0.2) is 0 Å². The van der Waals surface area contributed by atoms with Crippen molar-refractivity contribution in [2.45, 2.75) is 37.8 Å². The summed E-state index contributed by atoms with van der Waals surface area (Å²) in [5.74, 6) is -3.45. The molecule has 1 aromatic rings. The molecule has 1 aliphatic carbocycles. The first-order valence-electron chi connectivity index (χ1n) is 5.91. The highest BCUT2D eigenvalue weighted by atomic mass is 35.5. The standard InChI is InChI=1S/C13H11ClF4O/c14-11-8(7-3-1-2-4-7)5-6-9(15)10(11)12(19)13(16,17)18/h5-7H,1-4H2. The highest BCUT2D eigenvalue weighted by Gasteiger charge is 2.42. The third-order valence-corrected chi connectivity index (χ3v) is 3.81. The number of Topliss-reactive ketones (excluding diaryl/α,β-unsaturated/α-hetero) is 1. The van der Waals surface area contributed by atoms with Crippen LogP contribution in [0.15, 0.2) is 12.1 Å². The summed E-state index contributed by atoms with van der Waals surface area (Å²) in [4.78, 5) is 11.2. The van der Waals surface area contributed by atoms with E-state index in [1.807, 2.05) is 0 Å². The second-order valence-electron chi connectivity index (χ2n) is 4.63. The SMILES string of the molecule is O=C(c1c(F)ccc(C2CCCC2)c1Cl)C(F)(F)F. The Morgan fingerprint density at radius 3 is 2.32 bits per heavy atom. The maximum absolute atomic E-state index is 13.5. The largest absolute Gasteiger partial charge is 0.455 e. The molecule has 0 radical (unpaired) electrons. The highest BCUT2D eigenvalue weighted by molar-refractivity contribution is 6.35. The molecule has 2 rings (SSSR count). The molecule has 1 saturated carbocycles. The smallest absolute Gasteiger partial charge is 0.284 e. The van der Waals surface area contributed by atoms with Gasteiger partial charge in [0, 0.05) is 0 Å². The molecule has 6 heteroatoms. The van der Waals surface area contributed by atoms with Gasteiger partial charge < -0.3 is 0 Å². The van der Waals surface area contributed by atoms with Gasteiger partial charge in [0.25, 0.3) is 5.78 Å². The number of hydrogen-bond donors (Lipinski definition) is 0. The summed E-state index contributed by atoms with van der Waals surface area (Å²) >= 11 is 5.83. The van der Waals surface area contributed by atoms with Gasteiger partial charge in [-0.3, -0.25) is 4.79 Å². The summed E-state index contributed by atoms with van der Waals surface area (Å²) < 4.78 is 50.8. The Balaban J connectivity index is 2.48. The molecule has 0 aromatic heterocycles. The number of benzene rings is 1. The van der Waals surface area contributed by atoms with Crippen molar-refractivity contribution in [2.24, 2.45) is 0 Å². The fourth-order valence-corrected chi connectivity index (χ4v) is 2.86. The zero-order valence-corrected chi connectivity index (χ0v) is 10.6. The third-order valence-electron chi connectivity index (χ3n) is 3.40. The lowest BCUT2D eigenvalue weighted by atomic mass is 9.94. The van der Waals surface area contributed by atoms with E-state index in [1.165, 1.54) is 6.07 Å². The van der Waals surface area contributed by atoms with Crippen LogP contribution in [-0.2, 0) is 0 Å². The summed E-state index contributed by atoms with van der Waals surface area (Å²) in [5, 5.41) is -0.394. The van der Waals surface area contributed by atoms with Crippen LogP contribution in [0.2, 0.25) is 5.02 Å². The fraction of sp³-hybridized carbons (Fsp3) is 0.462. The van der Waals surface area contributed by atoms with E-state index in [1.54, 1.807) is 0 Å². The molecule has 0 spiro atoms. The number of halogens is 5. The molecule has 19 heavy (non-hydrogen) atoms. The van der Waals surface area contributed by atoms with Gasteiger partial charge in [-0.25, -0.2) is 4.39 Å². The van der Waals surface area contributed by atoms with Crippen LogP contribution < -0.4 is 0 Å². The van der Waals surface area contributed by atoms with Gasteiger partial charge >= 0.3 is 6.18 Å². The van der Waals surface area contributed by atoms with E-state index in [0.717, 1.165) is 31.7 Å².